The third-order valence-corrected chi connectivity index (χ3v) is 4.84. The molecule has 2 aromatic rings. The number of anilines is 1. The molecule has 1 amide bonds. The van der Waals surface area contributed by atoms with Crippen LogP contribution in [-0.2, 0) is 4.79 Å². The van der Waals surface area contributed by atoms with Crippen LogP contribution < -0.4 is 15.0 Å². The number of nitrogens with one attached hydrogen (secondary N) is 1. The van der Waals surface area contributed by atoms with E-state index in [1.807, 2.05) is 36.9 Å². The first-order valence-electron chi connectivity index (χ1n) is 9.09. The molecule has 1 aliphatic rings. The van der Waals surface area contributed by atoms with Crippen molar-refractivity contribution < 1.29 is 18.3 Å². The van der Waals surface area contributed by atoms with Crippen molar-refractivity contribution in [3.8, 4) is 5.75 Å². The van der Waals surface area contributed by atoms with Gasteiger partial charge in [0.25, 0.3) is 5.91 Å². The molecule has 0 spiro atoms. The number of carbonyl (C=O) groups is 1. The molecule has 1 unspecified atom stereocenters. The van der Waals surface area contributed by atoms with Gasteiger partial charge in [0.05, 0.1) is 0 Å². The molecular weight excluding hydrogens is 350 g/mol. The summed E-state index contributed by atoms with van der Waals surface area (Å²) in [5.41, 5.74) is 2.74. The minimum atomic E-state index is -0.842. The molecule has 3 rings (SSSR count). The molecule has 0 saturated carbocycles. The molecule has 0 aliphatic carbocycles. The van der Waals surface area contributed by atoms with E-state index in [1.54, 1.807) is 6.07 Å². The Morgan fingerprint density at radius 3 is 2.78 bits per heavy atom. The number of carbonyl (C=O) groups excluding carboxylic acids is 1. The van der Waals surface area contributed by atoms with Crippen LogP contribution >= 0.6 is 0 Å². The van der Waals surface area contributed by atoms with Crippen molar-refractivity contribution in [1.82, 2.24) is 5.32 Å². The molecule has 6 heteroatoms. The second-order valence-electron chi connectivity index (χ2n) is 7.06. The highest BCUT2D eigenvalue weighted by atomic mass is 19.2. The van der Waals surface area contributed by atoms with Crippen LogP contribution in [0.25, 0.3) is 0 Å². The van der Waals surface area contributed by atoms with Crippen molar-refractivity contribution in [3.05, 3.63) is 59.2 Å². The van der Waals surface area contributed by atoms with Crippen molar-refractivity contribution in [2.24, 2.45) is 5.92 Å². The van der Waals surface area contributed by atoms with Gasteiger partial charge in [0.2, 0.25) is 0 Å². The topological polar surface area (TPSA) is 41.6 Å². The molecule has 0 aromatic heterocycles. The largest absolute Gasteiger partial charge is 0.483 e. The van der Waals surface area contributed by atoms with E-state index in [1.165, 1.54) is 6.07 Å². The Morgan fingerprint density at radius 2 is 2.00 bits per heavy atom. The molecule has 1 fully saturated rings. The van der Waals surface area contributed by atoms with Gasteiger partial charge >= 0.3 is 0 Å². The number of halogens is 2. The van der Waals surface area contributed by atoms with E-state index >= 15 is 0 Å². The van der Waals surface area contributed by atoms with Gasteiger partial charge in [-0.3, -0.25) is 4.79 Å². The van der Waals surface area contributed by atoms with E-state index in [-0.39, 0.29) is 18.4 Å². The fraction of sp³-hybridized carbons (Fsp3) is 0.381. The Kier molecular flexibility index (Phi) is 5.94. The van der Waals surface area contributed by atoms with Gasteiger partial charge in [0.1, 0.15) is 5.75 Å². The Hall–Kier alpha value is -2.63. The van der Waals surface area contributed by atoms with Crippen molar-refractivity contribution in [2.75, 3.05) is 31.1 Å². The first-order valence-corrected chi connectivity index (χ1v) is 9.09. The quantitative estimate of drug-likeness (QED) is 0.840. The van der Waals surface area contributed by atoms with Crippen LogP contribution in [0.2, 0.25) is 0 Å². The number of benzene rings is 2. The number of rotatable bonds is 6. The van der Waals surface area contributed by atoms with Crippen LogP contribution in [0.15, 0.2) is 36.4 Å². The summed E-state index contributed by atoms with van der Waals surface area (Å²) in [5.74, 6) is -0.862. The highest BCUT2D eigenvalue weighted by Gasteiger charge is 2.23. The maximum Gasteiger partial charge on any atom is 0.257 e. The summed E-state index contributed by atoms with van der Waals surface area (Å²) >= 11 is 0. The maximum atomic E-state index is 13.4. The summed E-state index contributed by atoms with van der Waals surface area (Å²) in [7, 11) is 0. The molecule has 2 aromatic carbocycles. The summed E-state index contributed by atoms with van der Waals surface area (Å²) in [6.45, 7) is 5.89. The van der Waals surface area contributed by atoms with Crippen LogP contribution in [0.3, 0.4) is 0 Å². The Labute approximate surface area is 158 Å². The van der Waals surface area contributed by atoms with Crippen LogP contribution in [0.4, 0.5) is 14.5 Å². The minimum Gasteiger partial charge on any atom is -0.483 e. The molecule has 0 bridgehead atoms. The number of ether oxygens (including phenoxy) is 1. The maximum absolute atomic E-state index is 13.4. The summed E-state index contributed by atoms with van der Waals surface area (Å²) in [4.78, 5) is 14.1. The van der Waals surface area contributed by atoms with Gasteiger partial charge in [0, 0.05) is 31.4 Å². The molecule has 1 atom stereocenters. The smallest absolute Gasteiger partial charge is 0.257 e. The molecule has 1 saturated heterocycles. The van der Waals surface area contributed by atoms with Crippen LogP contribution in [0, 0.1) is 31.4 Å². The normalized spacial score (nSPS) is 16.4. The molecule has 4 nitrogen and oxygen atoms in total. The van der Waals surface area contributed by atoms with Gasteiger partial charge in [-0.05, 0) is 55.5 Å². The number of nitrogens with zero attached hydrogens (tertiary/aromatic N) is 1. The Morgan fingerprint density at radius 1 is 1.19 bits per heavy atom. The summed E-state index contributed by atoms with van der Waals surface area (Å²) in [6.07, 6.45) is 0.886. The van der Waals surface area contributed by atoms with Crippen molar-refractivity contribution in [3.63, 3.8) is 0 Å². The lowest BCUT2D eigenvalue weighted by Crippen LogP contribution is -2.34. The van der Waals surface area contributed by atoms with Crippen molar-refractivity contribution in [2.45, 2.75) is 20.3 Å². The fourth-order valence-corrected chi connectivity index (χ4v) is 3.23. The van der Waals surface area contributed by atoms with Gasteiger partial charge in [0.15, 0.2) is 18.2 Å². The first-order chi connectivity index (χ1) is 12.9. The lowest BCUT2D eigenvalue weighted by atomic mass is 10.1. The third-order valence-electron chi connectivity index (χ3n) is 4.84. The summed E-state index contributed by atoms with van der Waals surface area (Å²) < 4.78 is 32.1. The molecule has 0 radical (unpaired) electrons. The first kappa shape index (κ1) is 19.1. The van der Waals surface area contributed by atoms with Crippen molar-refractivity contribution in [1.29, 1.82) is 0 Å². The molecule has 1 heterocycles. The highest BCUT2D eigenvalue weighted by molar-refractivity contribution is 5.77. The molecular formula is C21H24F2N2O2. The molecule has 1 aliphatic heterocycles. The lowest BCUT2D eigenvalue weighted by Gasteiger charge is -2.19. The van der Waals surface area contributed by atoms with Crippen molar-refractivity contribution >= 4 is 11.6 Å². The zero-order chi connectivity index (χ0) is 19.4. The van der Waals surface area contributed by atoms with E-state index in [9.17, 15) is 13.6 Å². The predicted molar refractivity (Wildman–Crippen MR) is 101 cm³/mol. The number of aryl methyl sites for hydroxylation is 2. The molecule has 1 N–H and O–H groups in total. The molecule has 27 heavy (non-hydrogen) atoms. The summed E-state index contributed by atoms with van der Waals surface area (Å²) in [5, 5.41) is 2.90. The number of hydrogen-bond donors (Lipinski definition) is 1. The standard InChI is InChI=1S/C21H24F2N2O2/c1-14-3-4-15(2)20(9-14)27-13-21(26)24-11-16-7-8-25(12-16)17-5-6-18(22)19(23)10-17/h3-6,9-10,16H,7-8,11-13H2,1-2H3,(H,24,26). The van der Waals surface area contributed by atoms with Crippen LogP contribution in [-0.4, -0.2) is 32.1 Å². The van der Waals surface area contributed by atoms with Gasteiger partial charge in [-0.1, -0.05) is 12.1 Å². The van der Waals surface area contributed by atoms with Gasteiger partial charge in [-0.25, -0.2) is 8.78 Å². The zero-order valence-electron chi connectivity index (χ0n) is 15.6. The van der Waals surface area contributed by atoms with E-state index in [4.69, 9.17) is 4.74 Å². The Bertz CT molecular complexity index is 826. The van der Waals surface area contributed by atoms with Crippen LogP contribution in [0.5, 0.6) is 5.75 Å². The average Bonchev–Trinajstić information content (AvgIpc) is 3.12. The SMILES string of the molecule is Cc1ccc(C)c(OCC(=O)NCC2CCN(c3ccc(F)c(F)c3)C2)c1. The van der Waals surface area contributed by atoms with E-state index < -0.39 is 11.6 Å². The zero-order valence-corrected chi connectivity index (χ0v) is 15.6. The number of hydrogen-bond acceptors (Lipinski definition) is 3. The average molecular weight is 374 g/mol. The minimum absolute atomic E-state index is 0.0239. The van der Waals surface area contributed by atoms with Crippen LogP contribution in [0.1, 0.15) is 17.5 Å². The summed E-state index contributed by atoms with van der Waals surface area (Å²) in [6, 6.07) is 9.82. The number of amides is 1. The molecule has 144 valence electrons. The third kappa shape index (κ3) is 4.96. The van der Waals surface area contributed by atoms with E-state index in [2.05, 4.69) is 5.32 Å². The lowest BCUT2D eigenvalue weighted by molar-refractivity contribution is -0.123. The second kappa shape index (κ2) is 8.37. The predicted octanol–water partition coefficient (Wildman–Crippen LogP) is 3.60. The fourth-order valence-electron chi connectivity index (χ4n) is 3.23. The van der Waals surface area contributed by atoms with Gasteiger partial charge < -0.3 is 15.0 Å². The van der Waals surface area contributed by atoms with Gasteiger partial charge in [-0.2, -0.15) is 0 Å². The second-order valence-corrected chi connectivity index (χ2v) is 7.06. The Balaban J connectivity index is 1.44. The van der Waals surface area contributed by atoms with Gasteiger partial charge in [-0.15, -0.1) is 0 Å². The monoisotopic (exact) mass is 374 g/mol. The van der Waals surface area contributed by atoms with E-state index in [0.717, 1.165) is 35.9 Å². The highest BCUT2D eigenvalue weighted by Crippen LogP contribution is 2.25. The van der Waals surface area contributed by atoms with E-state index in [0.29, 0.717) is 18.8 Å².